The van der Waals surface area contributed by atoms with Gasteiger partial charge in [0.05, 0.1) is 5.02 Å². The van der Waals surface area contributed by atoms with E-state index in [0.717, 1.165) is 0 Å². The molecule has 2 heterocycles. The second-order valence-electron chi connectivity index (χ2n) is 5.21. The van der Waals surface area contributed by atoms with Gasteiger partial charge in [-0.25, -0.2) is 4.39 Å². The maximum Gasteiger partial charge on any atom is 0.276 e. The van der Waals surface area contributed by atoms with E-state index in [9.17, 15) is 9.18 Å². The van der Waals surface area contributed by atoms with Gasteiger partial charge in [0.1, 0.15) is 35.4 Å². The molecule has 2 aromatic rings. The van der Waals surface area contributed by atoms with Gasteiger partial charge in [-0.15, -0.1) is 0 Å². The molecule has 1 aromatic carbocycles. The van der Waals surface area contributed by atoms with E-state index in [1.807, 2.05) is 6.92 Å². The highest BCUT2D eigenvalue weighted by molar-refractivity contribution is 7.80. The Balaban J connectivity index is 1.68. The molecular formula is C17H14ClFN2O3S. The lowest BCUT2D eigenvalue weighted by Crippen LogP contribution is -2.30. The van der Waals surface area contributed by atoms with Crippen molar-refractivity contribution in [1.82, 2.24) is 10.2 Å². The number of carbonyl (C=O) groups is 1. The maximum absolute atomic E-state index is 13.0. The van der Waals surface area contributed by atoms with Gasteiger partial charge < -0.3 is 14.5 Å². The fraction of sp³-hybridized carbons (Fsp3) is 0.176. The van der Waals surface area contributed by atoms with Crippen molar-refractivity contribution in [3.63, 3.8) is 0 Å². The number of rotatable bonds is 5. The Kier molecular flexibility index (Phi) is 5.06. The minimum Gasteiger partial charge on any atom is -0.484 e. The number of halogens is 2. The van der Waals surface area contributed by atoms with Crippen LogP contribution in [-0.4, -0.2) is 22.5 Å². The highest BCUT2D eigenvalue weighted by Crippen LogP contribution is 2.26. The molecule has 1 saturated heterocycles. The van der Waals surface area contributed by atoms with E-state index in [0.29, 0.717) is 34.6 Å². The van der Waals surface area contributed by atoms with E-state index >= 15 is 0 Å². The topological polar surface area (TPSA) is 54.7 Å². The Hall–Kier alpha value is -2.38. The van der Waals surface area contributed by atoms with E-state index in [1.165, 1.54) is 23.1 Å². The number of ether oxygens (including phenoxy) is 1. The first-order valence-electron chi connectivity index (χ1n) is 7.49. The number of nitrogens with zero attached hydrogens (tertiary/aromatic N) is 1. The zero-order chi connectivity index (χ0) is 18.0. The van der Waals surface area contributed by atoms with Crippen LogP contribution in [-0.2, 0) is 11.4 Å². The summed E-state index contributed by atoms with van der Waals surface area (Å²) in [5.74, 6) is 0.751. The molecule has 1 aromatic heterocycles. The summed E-state index contributed by atoms with van der Waals surface area (Å²) in [5.41, 5.74) is 0.357. The van der Waals surface area contributed by atoms with Crippen LogP contribution in [0.1, 0.15) is 18.4 Å². The summed E-state index contributed by atoms with van der Waals surface area (Å²) in [5, 5.41) is 3.42. The molecule has 1 aliphatic heterocycles. The van der Waals surface area contributed by atoms with Crippen LogP contribution in [0.2, 0.25) is 5.02 Å². The average molecular weight is 381 g/mol. The minimum atomic E-state index is -0.433. The smallest absolute Gasteiger partial charge is 0.276 e. The molecule has 0 atom stereocenters. The molecule has 1 fully saturated rings. The molecule has 1 N–H and O–H groups in total. The standard InChI is InChI=1S/C17H14ClFN2O3S/c1-2-21-16(22)14(20-17(21)25)8-11-4-5-12(24-11)9-23-15-6-3-10(19)7-13(15)18/h3-8H,2,9H2,1H3,(H,20,25)/b14-8+. The van der Waals surface area contributed by atoms with Crippen molar-refractivity contribution in [3.05, 3.63) is 58.4 Å². The van der Waals surface area contributed by atoms with Crippen molar-refractivity contribution in [3.8, 4) is 5.75 Å². The summed E-state index contributed by atoms with van der Waals surface area (Å²) in [7, 11) is 0. The lowest BCUT2D eigenvalue weighted by Gasteiger charge is -2.08. The third-order valence-corrected chi connectivity index (χ3v) is 4.13. The van der Waals surface area contributed by atoms with Crippen LogP contribution in [0, 0.1) is 5.82 Å². The Morgan fingerprint density at radius 2 is 2.20 bits per heavy atom. The average Bonchev–Trinajstić information content (AvgIpc) is 3.11. The summed E-state index contributed by atoms with van der Waals surface area (Å²) < 4.78 is 24.1. The highest BCUT2D eigenvalue weighted by Gasteiger charge is 2.29. The van der Waals surface area contributed by atoms with Gasteiger partial charge in [-0.05, 0) is 49.5 Å². The molecule has 0 bridgehead atoms. The molecule has 1 aliphatic rings. The van der Waals surface area contributed by atoms with Gasteiger partial charge in [0.25, 0.3) is 5.91 Å². The molecule has 8 heteroatoms. The Morgan fingerprint density at radius 1 is 1.40 bits per heavy atom. The molecule has 5 nitrogen and oxygen atoms in total. The number of likely N-dealkylation sites (N-methyl/N-ethyl adjacent to an activating group) is 1. The molecule has 1 amide bonds. The van der Waals surface area contributed by atoms with Gasteiger partial charge in [0, 0.05) is 12.6 Å². The number of amides is 1. The third kappa shape index (κ3) is 3.83. The molecule has 3 rings (SSSR count). The Labute approximate surface area is 154 Å². The first-order valence-corrected chi connectivity index (χ1v) is 8.27. The fourth-order valence-corrected chi connectivity index (χ4v) is 2.84. The largest absolute Gasteiger partial charge is 0.484 e. The maximum atomic E-state index is 13.0. The summed E-state index contributed by atoms with van der Waals surface area (Å²) in [6.45, 7) is 2.46. The zero-order valence-corrected chi connectivity index (χ0v) is 14.8. The summed E-state index contributed by atoms with van der Waals surface area (Å²) >= 11 is 11.0. The first kappa shape index (κ1) is 17.4. The second-order valence-corrected chi connectivity index (χ2v) is 6.00. The van der Waals surface area contributed by atoms with Gasteiger partial charge in [-0.2, -0.15) is 0 Å². The molecule has 0 saturated carbocycles. The summed E-state index contributed by atoms with van der Waals surface area (Å²) in [4.78, 5) is 13.6. The third-order valence-electron chi connectivity index (χ3n) is 3.51. The molecular weight excluding hydrogens is 367 g/mol. The number of nitrogens with one attached hydrogen (secondary N) is 1. The van der Waals surface area contributed by atoms with Crippen LogP contribution in [0.5, 0.6) is 5.75 Å². The van der Waals surface area contributed by atoms with E-state index in [4.69, 9.17) is 33.0 Å². The number of hydrogen-bond donors (Lipinski definition) is 1. The minimum absolute atomic E-state index is 0.120. The van der Waals surface area contributed by atoms with Crippen molar-refractivity contribution >= 4 is 40.9 Å². The molecule has 0 aliphatic carbocycles. The number of hydrogen-bond acceptors (Lipinski definition) is 4. The van der Waals surface area contributed by atoms with Crippen molar-refractivity contribution in [2.24, 2.45) is 0 Å². The highest BCUT2D eigenvalue weighted by atomic mass is 35.5. The van der Waals surface area contributed by atoms with Gasteiger partial charge in [-0.3, -0.25) is 9.69 Å². The first-order chi connectivity index (χ1) is 12.0. The number of carbonyl (C=O) groups excluding carboxylic acids is 1. The zero-order valence-electron chi connectivity index (χ0n) is 13.2. The second kappa shape index (κ2) is 7.25. The van der Waals surface area contributed by atoms with Gasteiger partial charge in [0.15, 0.2) is 5.11 Å². The molecule has 0 radical (unpaired) electrons. The van der Waals surface area contributed by atoms with Crippen LogP contribution in [0.25, 0.3) is 6.08 Å². The Bertz CT molecular complexity index is 865. The van der Waals surface area contributed by atoms with Crippen LogP contribution in [0.3, 0.4) is 0 Å². The fourth-order valence-electron chi connectivity index (χ4n) is 2.29. The van der Waals surface area contributed by atoms with Crippen molar-refractivity contribution in [2.75, 3.05) is 6.54 Å². The van der Waals surface area contributed by atoms with E-state index in [2.05, 4.69) is 5.32 Å². The van der Waals surface area contributed by atoms with Crippen LogP contribution in [0.4, 0.5) is 4.39 Å². The molecule has 130 valence electrons. The molecule has 0 unspecified atom stereocenters. The normalized spacial score (nSPS) is 15.8. The van der Waals surface area contributed by atoms with E-state index in [1.54, 1.807) is 18.2 Å². The van der Waals surface area contributed by atoms with Crippen molar-refractivity contribution in [2.45, 2.75) is 13.5 Å². The number of thiocarbonyl (C=S) groups is 1. The van der Waals surface area contributed by atoms with Crippen molar-refractivity contribution < 1.29 is 18.3 Å². The molecule has 25 heavy (non-hydrogen) atoms. The van der Waals surface area contributed by atoms with E-state index in [-0.39, 0.29) is 17.5 Å². The number of furan rings is 1. The predicted octanol–water partition coefficient (Wildman–Crippen LogP) is 3.73. The summed E-state index contributed by atoms with van der Waals surface area (Å²) in [6, 6.07) is 7.32. The predicted molar refractivity (Wildman–Crippen MR) is 95.5 cm³/mol. The van der Waals surface area contributed by atoms with Crippen LogP contribution in [0.15, 0.2) is 40.4 Å². The monoisotopic (exact) mass is 380 g/mol. The Morgan fingerprint density at radius 3 is 2.88 bits per heavy atom. The van der Waals surface area contributed by atoms with Crippen LogP contribution >= 0.6 is 23.8 Å². The number of benzene rings is 1. The van der Waals surface area contributed by atoms with Crippen LogP contribution < -0.4 is 10.1 Å². The van der Waals surface area contributed by atoms with Gasteiger partial charge >= 0.3 is 0 Å². The van der Waals surface area contributed by atoms with E-state index < -0.39 is 5.82 Å². The van der Waals surface area contributed by atoms with Crippen molar-refractivity contribution in [1.29, 1.82) is 0 Å². The summed E-state index contributed by atoms with van der Waals surface area (Å²) in [6.07, 6.45) is 1.58. The SMILES string of the molecule is CCN1C(=O)/C(=C\c2ccc(COc3ccc(F)cc3Cl)o2)NC1=S. The quantitative estimate of drug-likeness (QED) is 0.632. The van der Waals surface area contributed by atoms with Gasteiger partial charge in [-0.1, -0.05) is 11.6 Å². The lowest BCUT2D eigenvalue weighted by molar-refractivity contribution is -0.122. The lowest BCUT2D eigenvalue weighted by atomic mass is 10.3. The molecule has 0 spiro atoms. The van der Waals surface area contributed by atoms with Gasteiger partial charge in [0.2, 0.25) is 0 Å².